The van der Waals surface area contributed by atoms with Crippen molar-refractivity contribution in [3.8, 4) is 0 Å². The van der Waals surface area contributed by atoms with Gasteiger partial charge in [-0.25, -0.2) is 0 Å². The van der Waals surface area contributed by atoms with Crippen molar-refractivity contribution < 1.29 is 28.6 Å². The summed E-state index contributed by atoms with van der Waals surface area (Å²) in [5.74, 6) is 0.828. The number of esters is 3. The first kappa shape index (κ1) is 61.4. The molecule has 0 fully saturated rings. The van der Waals surface area contributed by atoms with E-state index >= 15 is 0 Å². The van der Waals surface area contributed by atoms with Gasteiger partial charge in [-0.15, -0.1) is 0 Å². The summed E-state index contributed by atoms with van der Waals surface area (Å²) in [7, 11) is 0. The van der Waals surface area contributed by atoms with E-state index in [-0.39, 0.29) is 31.1 Å². The van der Waals surface area contributed by atoms with Crippen LogP contribution in [0.15, 0.2) is 0 Å². The Hall–Kier alpha value is -1.59. The lowest BCUT2D eigenvalue weighted by Crippen LogP contribution is -2.30. The average molecular weight is 892 g/mol. The SMILES string of the molecule is CCCCCCCCCCCCCCCCCCCCCC(=O)OC[C@H](COC(=O)CCCCCCCCCCC(C)CC)OC(=O)CCCCCCCCCCCCCC(C)C. The first-order chi connectivity index (χ1) is 30.8. The van der Waals surface area contributed by atoms with E-state index in [4.69, 9.17) is 14.2 Å². The van der Waals surface area contributed by atoms with Crippen molar-refractivity contribution in [3.05, 3.63) is 0 Å². The third-order valence-corrected chi connectivity index (χ3v) is 13.3. The van der Waals surface area contributed by atoms with Gasteiger partial charge in [0.1, 0.15) is 13.2 Å². The molecule has 0 spiro atoms. The first-order valence-corrected chi connectivity index (χ1v) is 28.3. The fourth-order valence-corrected chi connectivity index (χ4v) is 8.66. The van der Waals surface area contributed by atoms with Crippen molar-refractivity contribution in [2.45, 2.75) is 323 Å². The summed E-state index contributed by atoms with van der Waals surface area (Å²) >= 11 is 0. The molecule has 0 amide bonds. The number of rotatable bonds is 51. The fraction of sp³-hybridized carbons (Fsp3) is 0.947. The molecule has 0 aliphatic carbocycles. The molecule has 0 bridgehead atoms. The molecule has 0 rings (SSSR count). The van der Waals surface area contributed by atoms with Crippen LogP contribution >= 0.6 is 0 Å². The summed E-state index contributed by atoms with van der Waals surface area (Å²) in [5, 5.41) is 0. The predicted molar refractivity (Wildman–Crippen MR) is 270 cm³/mol. The standard InChI is InChI=1S/C57H110O6/c1-6-8-9-10-11-12-13-14-15-16-17-18-19-20-23-26-32-37-42-47-55(58)61-50-54(51-62-56(59)48-43-38-33-29-28-31-36-41-46-53(5)7-2)63-57(60)49-44-39-34-27-24-21-22-25-30-35-40-45-52(3)4/h52-54H,6-51H2,1-5H3/t53?,54-/m1/s1. The Labute approximate surface area is 393 Å². The minimum atomic E-state index is -0.763. The second-order valence-corrected chi connectivity index (χ2v) is 20.3. The number of carbonyl (C=O) groups excluding carboxylic acids is 3. The van der Waals surface area contributed by atoms with Gasteiger partial charge in [0, 0.05) is 19.3 Å². The van der Waals surface area contributed by atoms with Gasteiger partial charge >= 0.3 is 17.9 Å². The predicted octanol–water partition coefficient (Wildman–Crippen LogP) is 18.5. The topological polar surface area (TPSA) is 78.9 Å². The molecule has 0 N–H and O–H groups in total. The molecule has 2 atom stereocenters. The summed E-state index contributed by atoms with van der Waals surface area (Å²) in [6.07, 6.45) is 52.3. The lowest BCUT2D eigenvalue weighted by molar-refractivity contribution is -0.167. The zero-order valence-corrected chi connectivity index (χ0v) is 43.2. The quantitative estimate of drug-likeness (QED) is 0.0344. The fourth-order valence-electron chi connectivity index (χ4n) is 8.66. The Morgan fingerprint density at radius 1 is 0.333 bits per heavy atom. The number of hydrogen-bond donors (Lipinski definition) is 0. The van der Waals surface area contributed by atoms with Gasteiger partial charge in [0.2, 0.25) is 0 Å². The molecular weight excluding hydrogens is 781 g/mol. The molecule has 0 heterocycles. The van der Waals surface area contributed by atoms with Crippen LogP contribution in [0.5, 0.6) is 0 Å². The van der Waals surface area contributed by atoms with E-state index in [0.29, 0.717) is 19.3 Å². The highest BCUT2D eigenvalue weighted by molar-refractivity contribution is 5.71. The molecule has 0 aliphatic heterocycles. The number of ether oxygens (including phenoxy) is 3. The smallest absolute Gasteiger partial charge is 0.306 e. The Bertz CT molecular complexity index is 964. The van der Waals surface area contributed by atoms with Crippen LogP contribution in [0.4, 0.5) is 0 Å². The van der Waals surface area contributed by atoms with Gasteiger partial charge in [-0.3, -0.25) is 14.4 Å². The van der Waals surface area contributed by atoms with Crippen molar-refractivity contribution in [3.63, 3.8) is 0 Å². The minimum Gasteiger partial charge on any atom is -0.462 e. The van der Waals surface area contributed by atoms with Gasteiger partial charge in [0.05, 0.1) is 0 Å². The molecule has 374 valence electrons. The van der Waals surface area contributed by atoms with E-state index in [1.807, 2.05) is 0 Å². The molecule has 1 unspecified atom stereocenters. The summed E-state index contributed by atoms with van der Waals surface area (Å²) in [4.78, 5) is 38.1. The van der Waals surface area contributed by atoms with E-state index in [2.05, 4.69) is 34.6 Å². The Kier molecular flexibility index (Phi) is 48.6. The van der Waals surface area contributed by atoms with Crippen molar-refractivity contribution in [1.82, 2.24) is 0 Å². The van der Waals surface area contributed by atoms with Gasteiger partial charge in [-0.2, -0.15) is 0 Å². The molecule has 0 saturated carbocycles. The molecule has 63 heavy (non-hydrogen) atoms. The first-order valence-electron chi connectivity index (χ1n) is 28.3. The van der Waals surface area contributed by atoms with Crippen LogP contribution in [-0.4, -0.2) is 37.2 Å². The highest BCUT2D eigenvalue weighted by Crippen LogP contribution is 2.18. The average Bonchev–Trinajstić information content (AvgIpc) is 3.27. The van der Waals surface area contributed by atoms with Crippen molar-refractivity contribution in [2.75, 3.05) is 13.2 Å². The monoisotopic (exact) mass is 891 g/mol. The van der Waals surface area contributed by atoms with E-state index < -0.39 is 6.10 Å². The van der Waals surface area contributed by atoms with Crippen LogP contribution in [0.25, 0.3) is 0 Å². The van der Waals surface area contributed by atoms with Crippen LogP contribution in [0.3, 0.4) is 0 Å². The van der Waals surface area contributed by atoms with Gasteiger partial charge < -0.3 is 14.2 Å². The summed E-state index contributed by atoms with van der Waals surface area (Å²) in [6.45, 7) is 11.4. The largest absolute Gasteiger partial charge is 0.462 e. The lowest BCUT2D eigenvalue weighted by Gasteiger charge is -2.18. The Balaban J connectivity index is 4.27. The second kappa shape index (κ2) is 49.8. The zero-order valence-electron chi connectivity index (χ0n) is 43.2. The second-order valence-electron chi connectivity index (χ2n) is 20.3. The van der Waals surface area contributed by atoms with Gasteiger partial charge in [-0.05, 0) is 31.1 Å². The van der Waals surface area contributed by atoms with E-state index in [1.165, 1.54) is 205 Å². The van der Waals surface area contributed by atoms with Crippen LogP contribution in [0.1, 0.15) is 317 Å². The molecule has 0 saturated heterocycles. The van der Waals surface area contributed by atoms with Crippen molar-refractivity contribution >= 4 is 17.9 Å². The van der Waals surface area contributed by atoms with E-state index in [1.54, 1.807) is 0 Å². The highest BCUT2D eigenvalue weighted by Gasteiger charge is 2.19. The summed E-state index contributed by atoms with van der Waals surface area (Å²) in [6, 6.07) is 0. The highest BCUT2D eigenvalue weighted by atomic mass is 16.6. The molecule has 0 aromatic carbocycles. The summed E-state index contributed by atoms with van der Waals surface area (Å²) in [5.41, 5.74) is 0. The molecule has 0 radical (unpaired) electrons. The lowest BCUT2D eigenvalue weighted by atomic mass is 9.99. The third-order valence-electron chi connectivity index (χ3n) is 13.3. The van der Waals surface area contributed by atoms with Crippen molar-refractivity contribution in [1.29, 1.82) is 0 Å². The molecular formula is C57H110O6. The number of hydrogen-bond acceptors (Lipinski definition) is 6. The van der Waals surface area contributed by atoms with Crippen LogP contribution in [0, 0.1) is 11.8 Å². The maximum Gasteiger partial charge on any atom is 0.306 e. The molecule has 6 heteroatoms. The maximum absolute atomic E-state index is 12.8. The molecule has 0 aliphatic rings. The Morgan fingerprint density at radius 2 is 0.603 bits per heavy atom. The van der Waals surface area contributed by atoms with Crippen LogP contribution in [0.2, 0.25) is 0 Å². The normalized spacial score (nSPS) is 12.5. The number of carbonyl (C=O) groups is 3. The van der Waals surface area contributed by atoms with E-state index in [0.717, 1.165) is 69.6 Å². The van der Waals surface area contributed by atoms with Crippen LogP contribution < -0.4 is 0 Å². The molecule has 6 nitrogen and oxygen atoms in total. The Morgan fingerprint density at radius 3 is 0.905 bits per heavy atom. The number of unbranched alkanes of at least 4 members (excludes halogenated alkanes) is 35. The third kappa shape index (κ3) is 49.7. The zero-order chi connectivity index (χ0) is 46.1. The van der Waals surface area contributed by atoms with Crippen molar-refractivity contribution in [2.24, 2.45) is 11.8 Å². The molecule has 0 aromatic rings. The van der Waals surface area contributed by atoms with Gasteiger partial charge in [0.25, 0.3) is 0 Å². The molecule has 0 aromatic heterocycles. The van der Waals surface area contributed by atoms with Crippen LogP contribution in [-0.2, 0) is 28.6 Å². The van der Waals surface area contributed by atoms with Gasteiger partial charge in [0.15, 0.2) is 6.10 Å². The van der Waals surface area contributed by atoms with E-state index in [9.17, 15) is 14.4 Å². The minimum absolute atomic E-state index is 0.0634. The summed E-state index contributed by atoms with van der Waals surface area (Å²) < 4.78 is 16.9. The van der Waals surface area contributed by atoms with Gasteiger partial charge in [-0.1, -0.05) is 279 Å². The maximum atomic E-state index is 12.8.